The molecule has 0 aromatic heterocycles. The van der Waals surface area contributed by atoms with Gasteiger partial charge in [0.2, 0.25) is 0 Å². The van der Waals surface area contributed by atoms with Gasteiger partial charge in [-0.15, -0.1) is 0 Å². The van der Waals surface area contributed by atoms with Gasteiger partial charge >= 0.3 is 5.97 Å². The number of nitrogens with zero attached hydrogens (tertiary/aromatic N) is 3. The van der Waals surface area contributed by atoms with Crippen LogP contribution in [0.5, 0.6) is 0 Å². The minimum atomic E-state index is -0.480. The highest BCUT2D eigenvalue weighted by molar-refractivity contribution is 5.89. The largest absolute Gasteiger partial charge is 0.456 e. The number of aliphatic imine (C=N–C) groups is 1. The molecule has 0 N–H and O–H groups in total. The van der Waals surface area contributed by atoms with Crippen molar-refractivity contribution in [2.45, 2.75) is 32.9 Å². The summed E-state index contributed by atoms with van der Waals surface area (Å²) in [4.78, 5) is 20.5. The van der Waals surface area contributed by atoms with Crippen molar-refractivity contribution in [1.29, 1.82) is 0 Å². The summed E-state index contributed by atoms with van der Waals surface area (Å²) in [6, 6.07) is 7.38. The van der Waals surface area contributed by atoms with Gasteiger partial charge in [0.1, 0.15) is 5.60 Å². The van der Waals surface area contributed by atoms with Gasteiger partial charge in [0, 0.05) is 28.2 Å². The quantitative estimate of drug-likeness (QED) is 0.489. The molecule has 1 aromatic rings. The minimum absolute atomic E-state index is 0.301. The maximum Gasteiger partial charge on any atom is 0.338 e. The maximum atomic E-state index is 12.0. The number of rotatable bonds is 3. The predicted octanol–water partition coefficient (Wildman–Crippen LogP) is 2.62. The van der Waals surface area contributed by atoms with Crippen molar-refractivity contribution in [2.75, 3.05) is 28.2 Å². The average Bonchev–Trinajstić information content (AvgIpc) is 2.36. The van der Waals surface area contributed by atoms with Gasteiger partial charge in [-0.25, -0.2) is 9.79 Å². The molecule has 0 radical (unpaired) electrons. The van der Waals surface area contributed by atoms with Crippen LogP contribution in [0, 0.1) is 0 Å². The fourth-order valence-corrected chi connectivity index (χ4v) is 1.93. The number of hydrogen-bond acceptors (Lipinski definition) is 3. The van der Waals surface area contributed by atoms with Gasteiger partial charge in [-0.2, -0.15) is 0 Å². The van der Waals surface area contributed by atoms with E-state index in [0.29, 0.717) is 12.1 Å². The highest BCUT2D eigenvalue weighted by Gasteiger charge is 2.17. The predicted molar refractivity (Wildman–Crippen MR) is 90.1 cm³/mol. The summed E-state index contributed by atoms with van der Waals surface area (Å²) in [6.45, 7) is 6.15. The first-order valence-corrected chi connectivity index (χ1v) is 7.31. The molecule has 0 unspecified atom stereocenters. The number of esters is 1. The Hall–Kier alpha value is -2.04. The molecule has 0 saturated heterocycles. The van der Waals surface area contributed by atoms with Crippen molar-refractivity contribution in [3.05, 3.63) is 35.4 Å². The van der Waals surface area contributed by atoms with E-state index in [4.69, 9.17) is 4.74 Å². The first-order valence-electron chi connectivity index (χ1n) is 7.31. The molecule has 22 heavy (non-hydrogen) atoms. The standard InChI is InChI=1S/C17H27N3O2/c1-17(2,3)22-15(21)14-10-8-13(9-11-14)12-18-16(19(4)5)20(6)7/h8-11H,12H2,1-7H3. The molecule has 1 aromatic carbocycles. The summed E-state index contributed by atoms with van der Waals surface area (Å²) in [6.07, 6.45) is 0. The lowest BCUT2D eigenvalue weighted by Crippen LogP contribution is -2.35. The van der Waals surface area contributed by atoms with Crippen LogP contribution in [0.25, 0.3) is 0 Å². The summed E-state index contributed by atoms with van der Waals surface area (Å²) in [5.41, 5.74) is 1.13. The van der Waals surface area contributed by atoms with E-state index in [-0.39, 0.29) is 5.97 Å². The van der Waals surface area contributed by atoms with Gasteiger partial charge in [0.15, 0.2) is 5.96 Å². The third-order valence-corrected chi connectivity index (χ3v) is 2.79. The molecule has 122 valence electrons. The molecule has 5 heteroatoms. The molecule has 0 heterocycles. The highest BCUT2D eigenvalue weighted by atomic mass is 16.6. The molecule has 1 rings (SSSR count). The summed E-state index contributed by atoms with van der Waals surface area (Å²) >= 11 is 0. The topological polar surface area (TPSA) is 45.1 Å². The Kier molecular flexibility index (Phi) is 5.97. The van der Waals surface area contributed by atoms with Crippen LogP contribution >= 0.6 is 0 Å². The molecular weight excluding hydrogens is 278 g/mol. The molecular formula is C17H27N3O2. The SMILES string of the molecule is CN(C)C(=NCc1ccc(C(=O)OC(C)(C)C)cc1)N(C)C. The molecule has 0 aliphatic rings. The van der Waals surface area contributed by atoms with Crippen LogP contribution < -0.4 is 0 Å². The number of guanidine groups is 1. The fraction of sp³-hybridized carbons (Fsp3) is 0.529. The Morgan fingerprint density at radius 1 is 1.05 bits per heavy atom. The second-order valence-corrected chi connectivity index (χ2v) is 6.60. The van der Waals surface area contributed by atoms with E-state index >= 15 is 0 Å². The van der Waals surface area contributed by atoms with Crippen molar-refractivity contribution < 1.29 is 9.53 Å². The Balaban J connectivity index is 2.77. The maximum absolute atomic E-state index is 12.0. The van der Waals surface area contributed by atoms with E-state index in [9.17, 15) is 4.79 Å². The molecule has 0 aliphatic heterocycles. The van der Waals surface area contributed by atoms with Gasteiger partial charge in [-0.1, -0.05) is 12.1 Å². The monoisotopic (exact) mass is 305 g/mol. The summed E-state index contributed by atoms with van der Waals surface area (Å²) in [5.74, 6) is 0.598. The molecule has 0 bridgehead atoms. The molecule has 0 amide bonds. The normalized spacial score (nSPS) is 10.9. The summed E-state index contributed by atoms with van der Waals surface area (Å²) < 4.78 is 5.34. The molecule has 0 aliphatic carbocycles. The molecule has 0 fully saturated rings. The van der Waals surface area contributed by atoms with Crippen molar-refractivity contribution in [3.63, 3.8) is 0 Å². The van der Waals surface area contributed by atoms with E-state index in [1.165, 1.54) is 0 Å². The van der Waals surface area contributed by atoms with Crippen molar-refractivity contribution >= 4 is 11.9 Å². The fourth-order valence-electron chi connectivity index (χ4n) is 1.93. The number of carbonyl (C=O) groups is 1. The van der Waals surface area contributed by atoms with Crippen LogP contribution in [0.15, 0.2) is 29.3 Å². The van der Waals surface area contributed by atoms with Gasteiger partial charge in [-0.05, 0) is 38.5 Å². The van der Waals surface area contributed by atoms with Gasteiger partial charge < -0.3 is 14.5 Å². The van der Waals surface area contributed by atoms with E-state index in [0.717, 1.165) is 11.5 Å². The van der Waals surface area contributed by atoms with E-state index in [2.05, 4.69) is 4.99 Å². The molecule has 0 spiro atoms. The Morgan fingerprint density at radius 3 is 1.95 bits per heavy atom. The number of hydrogen-bond donors (Lipinski definition) is 0. The van der Waals surface area contributed by atoms with Gasteiger partial charge in [-0.3, -0.25) is 0 Å². The summed E-state index contributed by atoms with van der Waals surface area (Å²) in [7, 11) is 7.85. The van der Waals surface area contributed by atoms with Crippen LogP contribution in [0.1, 0.15) is 36.7 Å². The van der Waals surface area contributed by atoms with Crippen LogP contribution in [0.2, 0.25) is 0 Å². The lowest BCUT2D eigenvalue weighted by molar-refractivity contribution is 0.00695. The highest BCUT2D eigenvalue weighted by Crippen LogP contribution is 2.13. The molecule has 5 nitrogen and oxygen atoms in total. The van der Waals surface area contributed by atoms with Gasteiger partial charge in [0.25, 0.3) is 0 Å². The van der Waals surface area contributed by atoms with Crippen LogP contribution in [-0.2, 0) is 11.3 Å². The second kappa shape index (κ2) is 7.29. The first-order chi connectivity index (χ1) is 10.1. The Bertz CT molecular complexity index is 516. The third-order valence-electron chi connectivity index (χ3n) is 2.79. The van der Waals surface area contributed by atoms with Gasteiger partial charge in [0.05, 0.1) is 12.1 Å². The Labute approximate surface area is 133 Å². The number of ether oxygens (including phenoxy) is 1. The Morgan fingerprint density at radius 2 is 1.55 bits per heavy atom. The number of benzene rings is 1. The first kappa shape index (κ1) is 18.0. The van der Waals surface area contributed by atoms with Crippen LogP contribution in [0.3, 0.4) is 0 Å². The third kappa shape index (κ3) is 5.76. The van der Waals surface area contributed by atoms with E-state index < -0.39 is 5.60 Å². The van der Waals surface area contributed by atoms with Crippen molar-refractivity contribution in [2.24, 2.45) is 4.99 Å². The smallest absolute Gasteiger partial charge is 0.338 e. The van der Waals surface area contributed by atoms with E-state index in [1.807, 2.05) is 70.9 Å². The second-order valence-electron chi connectivity index (χ2n) is 6.60. The minimum Gasteiger partial charge on any atom is -0.456 e. The molecule has 0 atom stereocenters. The van der Waals surface area contributed by atoms with Crippen molar-refractivity contribution in [3.8, 4) is 0 Å². The zero-order valence-electron chi connectivity index (χ0n) is 14.7. The zero-order chi connectivity index (χ0) is 16.9. The lowest BCUT2D eigenvalue weighted by atomic mass is 10.1. The molecule has 0 saturated carbocycles. The average molecular weight is 305 g/mol. The summed E-state index contributed by atoms with van der Waals surface area (Å²) in [5, 5.41) is 0. The zero-order valence-corrected chi connectivity index (χ0v) is 14.7. The van der Waals surface area contributed by atoms with Crippen LogP contribution in [0.4, 0.5) is 0 Å². The number of carbonyl (C=O) groups excluding carboxylic acids is 1. The lowest BCUT2D eigenvalue weighted by Gasteiger charge is -2.22. The van der Waals surface area contributed by atoms with Crippen LogP contribution in [-0.4, -0.2) is 55.5 Å². The van der Waals surface area contributed by atoms with E-state index in [1.54, 1.807) is 12.1 Å². The van der Waals surface area contributed by atoms with Crippen molar-refractivity contribution in [1.82, 2.24) is 9.80 Å².